The maximum atomic E-state index is 13.1. The summed E-state index contributed by atoms with van der Waals surface area (Å²) >= 11 is 0. The van der Waals surface area contributed by atoms with Crippen molar-refractivity contribution in [3.05, 3.63) is 54.6 Å². The van der Waals surface area contributed by atoms with Crippen molar-refractivity contribution in [1.29, 1.82) is 0 Å². The van der Waals surface area contributed by atoms with Crippen molar-refractivity contribution in [1.82, 2.24) is 0 Å². The molecule has 2 aromatic carbocycles. The van der Waals surface area contributed by atoms with Crippen LogP contribution in [0.1, 0.15) is 38.5 Å². The number of carbonyl (C=O) groups excluding carboxylic acids is 1. The van der Waals surface area contributed by atoms with Gasteiger partial charge in [-0.25, -0.2) is 0 Å². The van der Waals surface area contributed by atoms with E-state index < -0.39 is 11.0 Å². The second-order valence-corrected chi connectivity index (χ2v) is 8.86. The van der Waals surface area contributed by atoms with Crippen molar-refractivity contribution >= 4 is 11.6 Å². The van der Waals surface area contributed by atoms with Gasteiger partial charge in [0.1, 0.15) is 11.5 Å². The first kappa shape index (κ1) is 16.8. The average molecular weight is 363 g/mol. The van der Waals surface area contributed by atoms with Crippen molar-refractivity contribution in [2.24, 2.45) is 17.3 Å². The highest BCUT2D eigenvalue weighted by atomic mass is 16.5. The maximum absolute atomic E-state index is 13.1. The maximum Gasteiger partial charge on any atom is 0.230 e. The van der Waals surface area contributed by atoms with E-state index in [1.54, 1.807) is 0 Å². The smallest absolute Gasteiger partial charge is 0.230 e. The number of hydrogen-bond acceptors (Lipinski definition) is 3. The minimum absolute atomic E-state index is 0.0757. The molecule has 1 amide bonds. The fourth-order valence-electron chi connectivity index (χ4n) is 5.97. The molecule has 27 heavy (non-hydrogen) atoms. The van der Waals surface area contributed by atoms with Gasteiger partial charge in [-0.2, -0.15) is 0 Å². The number of nitrogens with one attached hydrogen (secondary N) is 1. The lowest BCUT2D eigenvalue weighted by molar-refractivity contribution is -0.174. The first-order valence-electron chi connectivity index (χ1n) is 9.89. The second-order valence-electron chi connectivity index (χ2n) is 8.86. The highest BCUT2D eigenvalue weighted by Gasteiger charge is 2.60. The van der Waals surface area contributed by atoms with E-state index in [0.717, 1.165) is 42.9 Å². The van der Waals surface area contributed by atoms with Gasteiger partial charge in [0.05, 0.1) is 11.0 Å². The molecule has 2 unspecified atom stereocenters. The minimum Gasteiger partial charge on any atom is -0.457 e. The van der Waals surface area contributed by atoms with Crippen molar-refractivity contribution in [2.75, 3.05) is 5.32 Å². The standard InChI is InChI=1S/C23H25NO3/c25-21(22-11-16-10-17(12-22)14-23(26,13-16)15-22)24-18-6-8-20(9-7-18)27-19-4-2-1-3-5-19/h1-9,16-17,26H,10-15H2,(H,24,25)/t16-,17+,22?,23?. The van der Waals surface area contributed by atoms with Crippen LogP contribution in [-0.4, -0.2) is 16.6 Å². The largest absolute Gasteiger partial charge is 0.457 e. The van der Waals surface area contributed by atoms with E-state index in [9.17, 15) is 9.90 Å². The van der Waals surface area contributed by atoms with E-state index in [-0.39, 0.29) is 5.91 Å². The average Bonchev–Trinajstić information content (AvgIpc) is 2.62. The summed E-state index contributed by atoms with van der Waals surface area (Å²) < 4.78 is 5.81. The molecule has 0 spiro atoms. The molecule has 4 nitrogen and oxygen atoms in total. The van der Waals surface area contributed by atoms with Crippen LogP contribution in [0.3, 0.4) is 0 Å². The highest BCUT2D eigenvalue weighted by Crippen LogP contribution is 2.61. The van der Waals surface area contributed by atoms with Gasteiger partial charge in [0.25, 0.3) is 0 Å². The third-order valence-electron chi connectivity index (χ3n) is 6.60. The van der Waals surface area contributed by atoms with Gasteiger partial charge >= 0.3 is 0 Å². The Bertz CT molecular complexity index is 832. The quantitative estimate of drug-likeness (QED) is 0.824. The Kier molecular flexibility index (Phi) is 3.80. The summed E-state index contributed by atoms with van der Waals surface area (Å²) in [7, 11) is 0. The number of aliphatic hydroxyl groups is 1. The Labute approximate surface area is 159 Å². The van der Waals surface area contributed by atoms with E-state index in [0.29, 0.717) is 18.3 Å². The third kappa shape index (κ3) is 3.12. The van der Waals surface area contributed by atoms with Crippen LogP contribution in [-0.2, 0) is 4.79 Å². The molecule has 2 aromatic rings. The van der Waals surface area contributed by atoms with E-state index in [1.165, 1.54) is 6.42 Å². The molecule has 4 atom stereocenters. The molecule has 0 radical (unpaired) electrons. The molecule has 0 aliphatic heterocycles. The number of rotatable bonds is 4. The lowest BCUT2D eigenvalue weighted by Gasteiger charge is -2.59. The van der Waals surface area contributed by atoms with Gasteiger partial charge in [-0.1, -0.05) is 18.2 Å². The summed E-state index contributed by atoms with van der Waals surface area (Å²) in [5.74, 6) is 2.61. The summed E-state index contributed by atoms with van der Waals surface area (Å²) in [4.78, 5) is 13.1. The summed E-state index contributed by atoms with van der Waals surface area (Å²) in [6.45, 7) is 0. The van der Waals surface area contributed by atoms with Crippen molar-refractivity contribution < 1.29 is 14.6 Å². The zero-order chi connectivity index (χ0) is 18.5. The molecule has 4 aliphatic carbocycles. The molecule has 4 saturated carbocycles. The van der Waals surface area contributed by atoms with Crippen molar-refractivity contribution in [3.63, 3.8) is 0 Å². The minimum atomic E-state index is -0.616. The molecule has 6 rings (SSSR count). The van der Waals surface area contributed by atoms with Gasteiger partial charge in [-0.15, -0.1) is 0 Å². The molecule has 140 valence electrons. The molecular formula is C23H25NO3. The van der Waals surface area contributed by atoms with Gasteiger partial charge in [-0.05, 0) is 86.8 Å². The van der Waals surface area contributed by atoms with Gasteiger partial charge in [-0.3, -0.25) is 4.79 Å². The Morgan fingerprint density at radius 2 is 1.56 bits per heavy atom. The van der Waals surface area contributed by atoms with Crippen LogP contribution in [0.15, 0.2) is 54.6 Å². The van der Waals surface area contributed by atoms with E-state index in [2.05, 4.69) is 5.32 Å². The Morgan fingerprint density at radius 1 is 0.926 bits per heavy atom. The van der Waals surface area contributed by atoms with Crippen LogP contribution in [0.5, 0.6) is 11.5 Å². The number of carbonyl (C=O) groups is 1. The first-order valence-corrected chi connectivity index (χ1v) is 9.89. The van der Waals surface area contributed by atoms with Crippen LogP contribution in [0.4, 0.5) is 5.69 Å². The fraction of sp³-hybridized carbons (Fsp3) is 0.435. The van der Waals surface area contributed by atoms with Crippen molar-refractivity contribution in [3.8, 4) is 11.5 Å². The predicted molar refractivity (Wildman–Crippen MR) is 104 cm³/mol. The summed E-state index contributed by atoms with van der Waals surface area (Å²) in [6.07, 6.45) is 5.41. The van der Waals surface area contributed by atoms with Gasteiger partial charge < -0.3 is 15.2 Å². The van der Waals surface area contributed by atoms with Crippen LogP contribution in [0.25, 0.3) is 0 Å². The molecule has 2 N–H and O–H groups in total. The molecule has 4 aliphatic rings. The lowest BCUT2D eigenvalue weighted by Crippen LogP contribution is -2.59. The zero-order valence-corrected chi connectivity index (χ0v) is 15.4. The fourth-order valence-corrected chi connectivity index (χ4v) is 5.97. The van der Waals surface area contributed by atoms with Gasteiger partial charge in [0.2, 0.25) is 5.91 Å². The van der Waals surface area contributed by atoms with E-state index >= 15 is 0 Å². The predicted octanol–water partition coefficient (Wildman–Crippen LogP) is 4.75. The van der Waals surface area contributed by atoms with Crippen LogP contribution in [0, 0.1) is 17.3 Å². The lowest BCUT2D eigenvalue weighted by atomic mass is 9.47. The number of anilines is 1. The monoisotopic (exact) mass is 363 g/mol. The molecule has 4 bridgehead atoms. The SMILES string of the molecule is O=C(Nc1ccc(Oc2ccccc2)cc1)C12C[C@@H]3C[C@@H](CC(O)(C3)C1)C2. The Hall–Kier alpha value is -2.33. The number of amides is 1. The first-order chi connectivity index (χ1) is 13.0. The topological polar surface area (TPSA) is 58.6 Å². The molecule has 4 fully saturated rings. The number of hydrogen-bond donors (Lipinski definition) is 2. The molecule has 0 aromatic heterocycles. The van der Waals surface area contributed by atoms with Crippen LogP contribution >= 0.6 is 0 Å². The third-order valence-corrected chi connectivity index (χ3v) is 6.60. The highest BCUT2D eigenvalue weighted by molar-refractivity contribution is 5.95. The Morgan fingerprint density at radius 3 is 2.19 bits per heavy atom. The molecule has 4 heteroatoms. The normalized spacial score (nSPS) is 33.7. The molecule has 0 heterocycles. The number of ether oxygens (including phenoxy) is 1. The number of para-hydroxylation sites is 1. The second kappa shape index (κ2) is 6.10. The molecule has 0 saturated heterocycles. The summed E-state index contributed by atoms with van der Waals surface area (Å²) in [5.41, 5.74) is -0.226. The molecular weight excluding hydrogens is 338 g/mol. The summed E-state index contributed by atoms with van der Waals surface area (Å²) in [5, 5.41) is 14.0. The van der Waals surface area contributed by atoms with E-state index in [4.69, 9.17) is 4.74 Å². The van der Waals surface area contributed by atoms with E-state index in [1.807, 2.05) is 54.6 Å². The van der Waals surface area contributed by atoms with Gasteiger partial charge in [0, 0.05) is 5.69 Å². The summed E-state index contributed by atoms with van der Waals surface area (Å²) in [6, 6.07) is 17.1. The van der Waals surface area contributed by atoms with Crippen LogP contribution < -0.4 is 10.1 Å². The van der Waals surface area contributed by atoms with Crippen LogP contribution in [0.2, 0.25) is 0 Å². The van der Waals surface area contributed by atoms with Crippen molar-refractivity contribution in [2.45, 2.75) is 44.1 Å². The van der Waals surface area contributed by atoms with Gasteiger partial charge in [0.15, 0.2) is 0 Å². The number of benzene rings is 2. The zero-order valence-electron chi connectivity index (χ0n) is 15.4. The Balaban J connectivity index is 1.29.